The molecule has 8 heteroatoms. The molecule has 0 spiro atoms. The van der Waals surface area contributed by atoms with Crippen molar-refractivity contribution in [3.05, 3.63) is 53.2 Å². The number of aromatic nitrogens is 3. The van der Waals surface area contributed by atoms with E-state index in [-0.39, 0.29) is 0 Å². The lowest BCUT2D eigenvalue weighted by Gasteiger charge is -2.06. The van der Waals surface area contributed by atoms with E-state index < -0.39 is 0 Å². The quantitative estimate of drug-likeness (QED) is 0.412. The topological polar surface area (TPSA) is 80.4 Å². The zero-order valence-corrected chi connectivity index (χ0v) is 13.2. The number of aromatic amines is 1. The molecule has 23 heavy (non-hydrogen) atoms. The summed E-state index contributed by atoms with van der Waals surface area (Å²) in [7, 11) is 0. The smallest absolute Gasteiger partial charge is 0.216 e. The van der Waals surface area contributed by atoms with Crippen molar-refractivity contribution in [2.45, 2.75) is 6.92 Å². The molecule has 0 saturated heterocycles. The van der Waals surface area contributed by atoms with Crippen LogP contribution in [-0.2, 0) is 0 Å². The van der Waals surface area contributed by atoms with Crippen LogP contribution in [0.2, 0.25) is 0 Å². The Kier molecular flexibility index (Phi) is 4.53. The Morgan fingerprint density at radius 1 is 1.39 bits per heavy atom. The Morgan fingerprint density at radius 3 is 2.91 bits per heavy atom. The zero-order valence-electron chi connectivity index (χ0n) is 12.4. The molecule has 0 amide bonds. The highest BCUT2D eigenvalue weighted by molar-refractivity contribution is 7.71. The van der Waals surface area contributed by atoms with Gasteiger partial charge in [0.15, 0.2) is 5.82 Å². The van der Waals surface area contributed by atoms with Crippen molar-refractivity contribution in [2.24, 2.45) is 5.10 Å². The van der Waals surface area contributed by atoms with Gasteiger partial charge < -0.3 is 9.15 Å². The van der Waals surface area contributed by atoms with Gasteiger partial charge in [0.1, 0.15) is 11.5 Å². The number of furan rings is 1. The molecule has 0 radical (unpaired) electrons. The lowest BCUT2D eigenvalue weighted by atomic mass is 10.2. The lowest BCUT2D eigenvalue weighted by molar-refractivity contribution is 0.340. The first-order valence-corrected chi connectivity index (χ1v) is 7.42. The van der Waals surface area contributed by atoms with Crippen LogP contribution in [0.1, 0.15) is 12.7 Å². The fraction of sp³-hybridized carbons (Fsp3) is 0.133. The minimum Gasteiger partial charge on any atom is -0.494 e. The van der Waals surface area contributed by atoms with Crippen LogP contribution in [0.4, 0.5) is 0 Å². The van der Waals surface area contributed by atoms with Crippen LogP contribution < -0.4 is 10.3 Å². The first kappa shape index (κ1) is 15.0. The van der Waals surface area contributed by atoms with Gasteiger partial charge in [-0.1, -0.05) is 0 Å². The molecule has 0 unspecified atom stereocenters. The third kappa shape index (κ3) is 3.49. The summed E-state index contributed by atoms with van der Waals surface area (Å²) in [6.45, 7) is 2.57. The molecule has 3 aromatic rings. The largest absolute Gasteiger partial charge is 0.494 e. The van der Waals surface area contributed by atoms with Crippen LogP contribution in [0.25, 0.3) is 11.4 Å². The van der Waals surface area contributed by atoms with Gasteiger partial charge in [-0.25, -0.2) is 10.6 Å². The van der Waals surface area contributed by atoms with Crippen molar-refractivity contribution < 1.29 is 9.15 Å². The average molecular weight is 329 g/mol. The number of nitrogens with zero attached hydrogens (tertiary/aromatic N) is 3. The monoisotopic (exact) mass is 329 g/mol. The van der Waals surface area contributed by atoms with E-state index in [2.05, 4.69) is 20.8 Å². The highest BCUT2D eigenvalue weighted by Crippen LogP contribution is 2.20. The second kappa shape index (κ2) is 6.93. The summed E-state index contributed by atoms with van der Waals surface area (Å²) in [5.41, 5.74) is 3.71. The van der Waals surface area contributed by atoms with E-state index in [1.54, 1.807) is 29.3 Å². The summed E-state index contributed by atoms with van der Waals surface area (Å²) in [6, 6.07) is 11.2. The Hall–Kier alpha value is -2.87. The molecule has 0 fully saturated rings. The maximum absolute atomic E-state index is 5.43. The van der Waals surface area contributed by atoms with E-state index in [0.29, 0.717) is 23.0 Å². The van der Waals surface area contributed by atoms with Crippen molar-refractivity contribution in [1.82, 2.24) is 14.9 Å². The van der Waals surface area contributed by atoms with E-state index >= 15 is 0 Å². The van der Waals surface area contributed by atoms with Gasteiger partial charge in [-0.3, -0.25) is 0 Å². The van der Waals surface area contributed by atoms with Gasteiger partial charge in [-0.05, 0) is 55.5 Å². The molecule has 1 aromatic carbocycles. The first-order valence-electron chi connectivity index (χ1n) is 7.01. The number of nitrogens with one attached hydrogen (secondary N) is 2. The van der Waals surface area contributed by atoms with Gasteiger partial charge in [0.2, 0.25) is 4.77 Å². The van der Waals surface area contributed by atoms with Gasteiger partial charge in [-0.2, -0.15) is 14.9 Å². The third-order valence-electron chi connectivity index (χ3n) is 2.99. The number of hydrogen-bond donors (Lipinski definition) is 2. The molecule has 3 rings (SSSR count). The fourth-order valence-corrected chi connectivity index (χ4v) is 2.14. The van der Waals surface area contributed by atoms with Crippen LogP contribution in [0.15, 0.2) is 52.2 Å². The number of rotatable bonds is 6. The van der Waals surface area contributed by atoms with Crippen molar-refractivity contribution in [3.8, 4) is 17.1 Å². The Bertz CT molecular complexity index is 834. The summed E-state index contributed by atoms with van der Waals surface area (Å²) >= 11 is 5.21. The predicted octanol–water partition coefficient (Wildman–Crippen LogP) is 3.18. The summed E-state index contributed by atoms with van der Waals surface area (Å²) in [5, 5.41) is 11.1. The highest BCUT2D eigenvalue weighted by Gasteiger charge is 2.08. The summed E-state index contributed by atoms with van der Waals surface area (Å²) < 4.78 is 12.6. The minimum atomic E-state index is 0.408. The maximum Gasteiger partial charge on any atom is 0.216 e. The molecule has 2 heterocycles. The van der Waals surface area contributed by atoms with Gasteiger partial charge in [0.25, 0.3) is 0 Å². The Labute approximate surface area is 137 Å². The molecule has 0 bridgehead atoms. The van der Waals surface area contributed by atoms with Crippen molar-refractivity contribution in [1.29, 1.82) is 0 Å². The molecular weight excluding hydrogens is 314 g/mol. The van der Waals surface area contributed by atoms with Gasteiger partial charge in [-0.15, -0.1) is 0 Å². The summed E-state index contributed by atoms with van der Waals surface area (Å²) in [5.74, 6) is 2.06. The molecule has 7 nitrogen and oxygen atoms in total. The fourth-order valence-electron chi connectivity index (χ4n) is 1.97. The molecule has 0 aliphatic carbocycles. The minimum absolute atomic E-state index is 0.408. The molecule has 0 atom stereocenters. The van der Waals surface area contributed by atoms with Crippen LogP contribution in [0.3, 0.4) is 0 Å². The Morgan fingerprint density at radius 2 is 2.22 bits per heavy atom. The van der Waals surface area contributed by atoms with E-state index in [1.165, 1.54) is 0 Å². The predicted molar refractivity (Wildman–Crippen MR) is 89.7 cm³/mol. The molecule has 0 aliphatic heterocycles. The maximum atomic E-state index is 5.43. The van der Waals surface area contributed by atoms with Crippen LogP contribution in [0.5, 0.6) is 5.75 Å². The van der Waals surface area contributed by atoms with Crippen LogP contribution in [-0.4, -0.2) is 27.7 Å². The number of ether oxygens (including phenoxy) is 1. The SMILES string of the molecule is CCOc1ccc(-c2n[nH]c(=S)n2N/N=C/c2ccco2)cc1. The average Bonchev–Trinajstić information content (AvgIpc) is 3.20. The van der Waals surface area contributed by atoms with Crippen molar-refractivity contribution in [3.63, 3.8) is 0 Å². The number of H-pyrrole nitrogens is 1. The van der Waals surface area contributed by atoms with E-state index in [9.17, 15) is 0 Å². The van der Waals surface area contributed by atoms with Crippen LogP contribution >= 0.6 is 12.2 Å². The van der Waals surface area contributed by atoms with Crippen LogP contribution in [0, 0.1) is 4.77 Å². The highest BCUT2D eigenvalue weighted by atomic mass is 32.1. The van der Waals surface area contributed by atoms with Crippen molar-refractivity contribution in [2.75, 3.05) is 12.1 Å². The number of benzene rings is 1. The second-order valence-electron chi connectivity index (χ2n) is 4.52. The van der Waals surface area contributed by atoms with Gasteiger partial charge in [0.05, 0.1) is 19.1 Å². The Balaban J connectivity index is 1.82. The van der Waals surface area contributed by atoms with Gasteiger partial charge >= 0.3 is 0 Å². The molecular formula is C15H15N5O2S. The molecule has 0 saturated carbocycles. The second-order valence-corrected chi connectivity index (χ2v) is 4.91. The standard InChI is InChI=1S/C15H15N5O2S/c1-2-21-12-7-5-11(6-8-12)14-17-18-15(23)20(14)19-16-10-13-4-3-9-22-13/h3-10,19H,2H2,1H3,(H,18,23)/b16-10+. The molecule has 118 valence electrons. The molecule has 0 aliphatic rings. The molecule has 2 aromatic heterocycles. The normalized spacial score (nSPS) is 11.0. The number of hydrogen-bond acceptors (Lipinski definition) is 6. The van der Waals surface area contributed by atoms with E-state index in [0.717, 1.165) is 11.3 Å². The summed E-state index contributed by atoms with van der Waals surface area (Å²) in [4.78, 5) is 0. The third-order valence-corrected chi connectivity index (χ3v) is 3.26. The number of hydrazone groups is 1. The lowest BCUT2D eigenvalue weighted by Crippen LogP contribution is -2.10. The van der Waals surface area contributed by atoms with Gasteiger partial charge in [0, 0.05) is 5.56 Å². The first-order chi connectivity index (χ1) is 11.3. The zero-order chi connectivity index (χ0) is 16.1. The molecule has 2 N–H and O–H groups in total. The van der Waals surface area contributed by atoms with E-state index in [4.69, 9.17) is 21.4 Å². The van der Waals surface area contributed by atoms with Crippen molar-refractivity contribution >= 4 is 18.4 Å². The summed E-state index contributed by atoms with van der Waals surface area (Å²) in [6.07, 6.45) is 3.13. The van der Waals surface area contributed by atoms with E-state index in [1.807, 2.05) is 31.2 Å².